The van der Waals surface area contributed by atoms with Crippen molar-refractivity contribution in [2.45, 2.75) is 24.8 Å². The average molecular weight is 286 g/mol. The van der Waals surface area contributed by atoms with Crippen LogP contribution in [0.4, 0.5) is 0 Å². The molecule has 0 radical (unpaired) electrons. The topological polar surface area (TPSA) is 56.7 Å². The summed E-state index contributed by atoms with van der Waals surface area (Å²) in [6.45, 7) is 3.88. The van der Waals surface area contributed by atoms with E-state index in [0.717, 1.165) is 33.6 Å². The zero-order valence-electron chi connectivity index (χ0n) is 11.3. The van der Waals surface area contributed by atoms with Gasteiger partial charge in [0.25, 0.3) is 0 Å². The van der Waals surface area contributed by atoms with E-state index < -0.39 is 0 Å². The molecule has 5 nitrogen and oxygen atoms in total. The quantitative estimate of drug-likeness (QED) is 0.689. The predicted molar refractivity (Wildman–Crippen MR) is 76.9 cm³/mol. The summed E-state index contributed by atoms with van der Waals surface area (Å²) < 4.78 is 7.15. The van der Waals surface area contributed by atoms with E-state index in [0.29, 0.717) is 0 Å². The summed E-state index contributed by atoms with van der Waals surface area (Å²) in [7, 11) is 0. The fourth-order valence-corrected chi connectivity index (χ4v) is 3.02. The predicted octanol–water partition coefficient (Wildman–Crippen LogP) is 3.16. The Bertz CT molecular complexity index is 686. The van der Waals surface area contributed by atoms with E-state index in [1.807, 2.05) is 48.7 Å². The second-order valence-electron chi connectivity index (χ2n) is 4.41. The molecule has 0 saturated carbocycles. The van der Waals surface area contributed by atoms with Gasteiger partial charge in [-0.2, -0.15) is 0 Å². The van der Waals surface area contributed by atoms with Gasteiger partial charge in [0.05, 0.1) is 5.69 Å². The van der Waals surface area contributed by atoms with Crippen LogP contribution in [0.5, 0.6) is 0 Å². The number of aromatic nitrogens is 4. The number of rotatable bonds is 4. The first kappa shape index (κ1) is 12.9. The Morgan fingerprint density at radius 1 is 1.20 bits per heavy atom. The van der Waals surface area contributed by atoms with E-state index >= 15 is 0 Å². The first-order chi connectivity index (χ1) is 9.75. The summed E-state index contributed by atoms with van der Waals surface area (Å²) in [5, 5.41) is 13.0. The van der Waals surface area contributed by atoms with Crippen LogP contribution in [0.15, 0.2) is 46.3 Å². The van der Waals surface area contributed by atoms with Crippen molar-refractivity contribution >= 4 is 11.8 Å². The number of benzene rings is 1. The molecule has 2 heterocycles. The minimum absolute atomic E-state index is 0.771. The van der Waals surface area contributed by atoms with E-state index in [-0.39, 0.29) is 0 Å². The molecule has 0 spiro atoms. The Balaban J connectivity index is 1.81. The van der Waals surface area contributed by atoms with Gasteiger partial charge in [-0.1, -0.05) is 35.1 Å². The lowest BCUT2D eigenvalue weighted by Gasteiger charge is -2.05. The Morgan fingerprint density at radius 3 is 2.70 bits per heavy atom. The Morgan fingerprint density at radius 2 is 2.00 bits per heavy atom. The number of hydrogen-bond donors (Lipinski definition) is 0. The summed E-state index contributed by atoms with van der Waals surface area (Å²) in [6, 6.07) is 10.0. The van der Waals surface area contributed by atoms with Crippen LogP contribution in [0.3, 0.4) is 0 Å². The van der Waals surface area contributed by atoms with Gasteiger partial charge in [0.2, 0.25) is 0 Å². The maximum Gasteiger partial charge on any atom is 0.195 e. The van der Waals surface area contributed by atoms with Crippen LogP contribution < -0.4 is 0 Å². The van der Waals surface area contributed by atoms with E-state index in [2.05, 4.69) is 15.4 Å². The molecule has 0 aliphatic rings. The molecule has 0 atom stereocenters. The summed E-state index contributed by atoms with van der Waals surface area (Å²) in [4.78, 5) is 0. The van der Waals surface area contributed by atoms with Crippen LogP contribution in [0, 0.1) is 13.8 Å². The van der Waals surface area contributed by atoms with Gasteiger partial charge in [0, 0.05) is 17.0 Å². The standard InChI is InChI=1S/C14H14N4OS/c1-10-13(11(2)19-17-10)8-20-14-16-15-9-18(14)12-6-4-3-5-7-12/h3-7,9H,8H2,1-2H3. The van der Waals surface area contributed by atoms with Gasteiger partial charge >= 0.3 is 0 Å². The molecule has 3 rings (SSSR count). The maximum atomic E-state index is 5.17. The fourth-order valence-electron chi connectivity index (χ4n) is 1.93. The van der Waals surface area contributed by atoms with Gasteiger partial charge in [-0.05, 0) is 26.0 Å². The largest absolute Gasteiger partial charge is 0.361 e. The Kier molecular flexibility index (Phi) is 3.56. The minimum atomic E-state index is 0.771. The highest BCUT2D eigenvalue weighted by molar-refractivity contribution is 7.98. The molecule has 102 valence electrons. The third kappa shape index (κ3) is 2.46. The second-order valence-corrected chi connectivity index (χ2v) is 5.35. The number of para-hydroxylation sites is 1. The number of nitrogens with zero attached hydrogens (tertiary/aromatic N) is 4. The first-order valence-electron chi connectivity index (χ1n) is 6.25. The molecule has 0 saturated heterocycles. The van der Waals surface area contributed by atoms with Gasteiger partial charge < -0.3 is 4.52 Å². The molecular weight excluding hydrogens is 272 g/mol. The highest BCUT2D eigenvalue weighted by Crippen LogP contribution is 2.26. The monoisotopic (exact) mass is 286 g/mol. The first-order valence-corrected chi connectivity index (χ1v) is 7.24. The Hall–Kier alpha value is -2.08. The van der Waals surface area contributed by atoms with Crippen LogP contribution >= 0.6 is 11.8 Å². The fraction of sp³-hybridized carbons (Fsp3) is 0.214. The van der Waals surface area contributed by atoms with Crippen molar-refractivity contribution in [3.63, 3.8) is 0 Å². The lowest BCUT2D eigenvalue weighted by Crippen LogP contribution is -1.95. The third-order valence-corrected chi connectivity index (χ3v) is 4.05. The molecular formula is C14H14N4OS. The Labute approximate surface area is 121 Å². The maximum absolute atomic E-state index is 5.17. The molecule has 0 fully saturated rings. The van der Waals surface area contributed by atoms with Crippen molar-refractivity contribution in [2.75, 3.05) is 0 Å². The summed E-state index contributed by atoms with van der Waals surface area (Å²) in [6.07, 6.45) is 1.73. The van der Waals surface area contributed by atoms with Crippen LogP contribution in [0.2, 0.25) is 0 Å². The summed E-state index contributed by atoms with van der Waals surface area (Å²) >= 11 is 1.62. The molecule has 1 aromatic carbocycles. The minimum Gasteiger partial charge on any atom is -0.361 e. The van der Waals surface area contributed by atoms with Crippen molar-refractivity contribution in [1.29, 1.82) is 0 Å². The van der Waals surface area contributed by atoms with Crippen LogP contribution in [0.25, 0.3) is 5.69 Å². The van der Waals surface area contributed by atoms with E-state index in [9.17, 15) is 0 Å². The normalized spacial score (nSPS) is 10.9. The number of aryl methyl sites for hydroxylation is 2. The average Bonchev–Trinajstić information content (AvgIpc) is 3.06. The molecule has 3 aromatic rings. The molecule has 2 aromatic heterocycles. The zero-order valence-corrected chi connectivity index (χ0v) is 12.1. The number of thioether (sulfide) groups is 1. The van der Waals surface area contributed by atoms with E-state index in [1.165, 1.54) is 0 Å². The molecule has 0 aliphatic carbocycles. The van der Waals surface area contributed by atoms with Gasteiger partial charge in [0.15, 0.2) is 5.16 Å². The summed E-state index contributed by atoms with van der Waals surface area (Å²) in [5.41, 5.74) is 3.11. The van der Waals surface area contributed by atoms with Crippen molar-refractivity contribution in [3.05, 3.63) is 53.7 Å². The smallest absolute Gasteiger partial charge is 0.195 e. The molecule has 0 bridgehead atoms. The van der Waals surface area contributed by atoms with Crippen molar-refractivity contribution < 1.29 is 4.52 Å². The highest BCUT2D eigenvalue weighted by Gasteiger charge is 2.12. The van der Waals surface area contributed by atoms with Crippen molar-refractivity contribution in [3.8, 4) is 5.69 Å². The van der Waals surface area contributed by atoms with Crippen molar-refractivity contribution in [1.82, 2.24) is 19.9 Å². The molecule has 0 unspecified atom stereocenters. The SMILES string of the molecule is Cc1noc(C)c1CSc1nncn1-c1ccccc1. The van der Waals surface area contributed by atoms with E-state index in [1.54, 1.807) is 18.1 Å². The third-order valence-electron chi connectivity index (χ3n) is 3.08. The molecule has 6 heteroatoms. The second kappa shape index (κ2) is 5.50. The molecule has 0 N–H and O–H groups in total. The van der Waals surface area contributed by atoms with Crippen LogP contribution in [0.1, 0.15) is 17.0 Å². The lowest BCUT2D eigenvalue weighted by molar-refractivity contribution is 0.392. The highest BCUT2D eigenvalue weighted by atomic mass is 32.2. The lowest BCUT2D eigenvalue weighted by atomic mass is 10.2. The van der Waals surface area contributed by atoms with Crippen LogP contribution in [-0.2, 0) is 5.75 Å². The number of hydrogen-bond acceptors (Lipinski definition) is 5. The zero-order chi connectivity index (χ0) is 13.9. The van der Waals surface area contributed by atoms with Gasteiger partial charge in [-0.25, -0.2) is 0 Å². The van der Waals surface area contributed by atoms with Crippen molar-refractivity contribution in [2.24, 2.45) is 0 Å². The van der Waals surface area contributed by atoms with Crippen LogP contribution in [-0.4, -0.2) is 19.9 Å². The van der Waals surface area contributed by atoms with E-state index in [4.69, 9.17) is 4.52 Å². The molecule has 0 aliphatic heterocycles. The van der Waals surface area contributed by atoms with Gasteiger partial charge in [-0.3, -0.25) is 4.57 Å². The molecule has 20 heavy (non-hydrogen) atoms. The van der Waals surface area contributed by atoms with Gasteiger partial charge in [-0.15, -0.1) is 10.2 Å². The van der Waals surface area contributed by atoms with Gasteiger partial charge in [0.1, 0.15) is 12.1 Å². The summed E-state index contributed by atoms with van der Waals surface area (Å²) in [5.74, 6) is 1.63. The molecule has 0 amide bonds.